The van der Waals surface area contributed by atoms with Crippen molar-refractivity contribution in [3.63, 3.8) is 0 Å². The van der Waals surface area contributed by atoms with Gasteiger partial charge in [0.15, 0.2) is 0 Å². The average molecular weight is 266 g/mol. The summed E-state index contributed by atoms with van der Waals surface area (Å²) in [5, 5.41) is 0.518. The van der Waals surface area contributed by atoms with Gasteiger partial charge in [-0.2, -0.15) is 0 Å². The number of hydrogen-bond donors (Lipinski definition) is 1. The summed E-state index contributed by atoms with van der Waals surface area (Å²) in [6.07, 6.45) is 1.44. The highest BCUT2D eigenvalue weighted by atomic mass is 35.5. The van der Waals surface area contributed by atoms with E-state index in [1.807, 2.05) is 0 Å². The third-order valence-electron chi connectivity index (χ3n) is 2.68. The Labute approximate surface area is 108 Å². The van der Waals surface area contributed by atoms with Gasteiger partial charge >= 0.3 is 5.69 Å². The molecule has 1 aromatic carbocycles. The van der Waals surface area contributed by atoms with Crippen molar-refractivity contribution in [3.05, 3.63) is 61.9 Å². The van der Waals surface area contributed by atoms with Crippen LogP contribution >= 0.6 is 11.6 Å². The van der Waals surface area contributed by atoms with E-state index in [0.29, 0.717) is 16.3 Å². The largest absolute Gasteiger partial charge is 0.398 e. The van der Waals surface area contributed by atoms with Gasteiger partial charge in [-0.1, -0.05) is 17.7 Å². The highest BCUT2D eigenvalue weighted by Gasteiger charge is 2.06. The van der Waals surface area contributed by atoms with Crippen LogP contribution in [-0.2, 0) is 13.6 Å². The van der Waals surface area contributed by atoms with Crippen molar-refractivity contribution in [3.8, 4) is 0 Å². The average Bonchev–Trinajstić information content (AvgIpc) is 2.32. The zero-order valence-corrected chi connectivity index (χ0v) is 10.5. The Morgan fingerprint density at radius 1 is 1.28 bits per heavy atom. The minimum atomic E-state index is -0.378. The lowest BCUT2D eigenvalue weighted by atomic mass is 10.2. The van der Waals surface area contributed by atoms with Crippen molar-refractivity contribution in [2.45, 2.75) is 6.54 Å². The number of hydrogen-bond acceptors (Lipinski definition) is 3. The van der Waals surface area contributed by atoms with E-state index in [0.717, 1.165) is 4.57 Å². The number of rotatable bonds is 2. The van der Waals surface area contributed by atoms with Crippen molar-refractivity contribution in [1.29, 1.82) is 0 Å². The van der Waals surface area contributed by atoms with Crippen molar-refractivity contribution >= 4 is 17.3 Å². The Bertz CT molecular complexity index is 703. The lowest BCUT2D eigenvalue weighted by Gasteiger charge is -2.09. The second kappa shape index (κ2) is 4.70. The Morgan fingerprint density at radius 3 is 2.67 bits per heavy atom. The third-order valence-corrected chi connectivity index (χ3v) is 2.91. The minimum Gasteiger partial charge on any atom is -0.398 e. The fourth-order valence-corrected chi connectivity index (χ4v) is 1.82. The first-order chi connectivity index (χ1) is 8.49. The monoisotopic (exact) mass is 265 g/mol. The Morgan fingerprint density at radius 2 is 2.00 bits per heavy atom. The first-order valence-electron chi connectivity index (χ1n) is 5.29. The van der Waals surface area contributed by atoms with Gasteiger partial charge in [-0.15, -0.1) is 0 Å². The number of nitrogens with zero attached hydrogens (tertiary/aromatic N) is 2. The zero-order valence-electron chi connectivity index (χ0n) is 9.76. The van der Waals surface area contributed by atoms with Crippen LogP contribution in [0.4, 0.5) is 5.69 Å². The molecule has 0 unspecified atom stereocenters. The molecule has 2 rings (SSSR count). The molecular weight excluding hydrogens is 254 g/mol. The third kappa shape index (κ3) is 2.31. The summed E-state index contributed by atoms with van der Waals surface area (Å²) in [6.45, 7) is 0.134. The Kier molecular flexibility index (Phi) is 3.25. The number of halogens is 1. The predicted octanol–water partition coefficient (Wildman–Crippen LogP) is 0.831. The van der Waals surface area contributed by atoms with E-state index in [1.54, 1.807) is 25.2 Å². The molecule has 2 aromatic rings. The predicted molar refractivity (Wildman–Crippen MR) is 70.9 cm³/mol. The van der Waals surface area contributed by atoms with Gasteiger partial charge in [-0.05, 0) is 17.7 Å². The molecule has 1 heterocycles. The van der Waals surface area contributed by atoms with Crippen LogP contribution in [0.2, 0.25) is 5.02 Å². The first-order valence-corrected chi connectivity index (χ1v) is 5.67. The topological polar surface area (TPSA) is 70.0 Å². The van der Waals surface area contributed by atoms with Crippen molar-refractivity contribution in [2.75, 3.05) is 5.73 Å². The lowest BCUT2D eigenvalue weighted by molar-refractivity contribution is 0.640. The van der Waals surface area contributed by atoms with E-state index < -0.39 is 0 Å². The van der Waals surface area contributed by atoms with Crippen LogP contribution in [0.25, 0.3) is 0 Å². The zero-order chi connectivity index (χ0) is 13.3. The summed E-state index contributed by atoms with van der Waals surface area (Å²) in [6, 6.07) is 6.31. The SMILES string of the molecule is Cn1ccc(=O)n(Cc2ccc(Cl)cc2N)c1=O. The highest BCUT2D eigenvalue weighted by molar-refractivity contribution is 6.30. The highest BCUT2D eigenvalue weighted by Crippen LogP contribution is 2.18. The number of nitrogen functional groups attached to an aromatic ring is 1. The quantitative estimate of drug-likeness (QED) is 0.818. The molecule has 0 saturated carbocycles. The minimum absolute atomic E-state index is 0.134. The maximum atomic E-state index is 11.8. The van der Waals surface area contributed by atoms with Crippen LogP contribution < -0.4 is 17.0 Å². The fraction of sp³-hybridized carbons (Fsp3) is 0.167. The standard InChI is InChI=1S/C12H12ClN3O2/c1-15-5-4-11(17)16(12(15)18)7-8-2-3-9(13)6-10(8)14/h2-6H,7,14H2,1H3. The van der Waals surface area contributed by atoms with Gasteiger partial charge in [-0.25, -0.2) is 4.79 Å². The van der Waals surface area contributed by atoms with Gasteiger partial charge in [-0.3, -0.25) is 9.36 Å². The number of aromatic nitrogens is 2. The summed E-state index contributed by atoms with van der Waals surface area (Å²) in [5.41, 5.74) is 6.21. The molecule has 0 aliphatic rings. The van der Waals surface area contributed by atoms with Gasteiger partial charge in [0.2, 0.25) is 0 Å². The van der Waals surface area contributed by atoms with Crippen LogP contribution in [0.5, 0.6) is 0 Å². The van der Waals surface area contributed by atoms with Gasteiger partial charge < -0.3 is 10.3 Å². The number of aryl methyl sites for hydroxylation is 1. The molecule has 1 aromatic heterocycles. The summed E-state index contributed by atoms with van der Waals surface area (Å²) in [5.74, 6) is 0. The molecule has 5 nitrogen and oxygen atoms in total. The summed E-state index contributed by atoms with van der Waals surface area (Å²) < 4.78 is 2.47. The molecule has 0 aliphatic carbocycles. The van der Waals surface area contributed by atoms with Crippen LogP contribution in [0.15, 0.2) is 40.1 Å². The van der Waals surface area contributed by atoms with Crippen molar-refractivity contribution in [2.24, 2.45) is 7.05 Å². The number of anilines is 1. The van der Waals surface area contributed by atoms with Crippen LogP contribution in [-0.4, -0.2) is 9.13 Å². The maximum absolute atomic E-state index is 11.8. The van der Waals surface area contributed by atoms with Gasteiger partial charge in [0.1, 0.15) is 0 Å². The fourth-order valence-electron chi connectivity index (χ4n) is 1.64. The molecule has 0 aliphatic heterocycles. The van der Waals surface area contributed by atoms with Gasteiger partial charge in [0.25, 0.3) is 5.56 Å². The van der Waals surface area contributed by atoms with E-state index in [-0.39, 0.29) is 17.8 Å². The normalized spacial score (nSPS) is 10.6. The number of nitrogens with two attached hydrogens (primary N) is 1. The molecule has 94 valence electrons. The molecule has 0 radical (unpaired) electrons. The molecular formula is C12H12ClN3O2. The van der Waals surface area contributed by atoms with Crippen LogP contribution in [0, 0.1) is 0 Å². The van der Waals surface area contributed by atoms with E-state index in [2.05, 4.69) is 0 Å². The maximum Gasteiger partial charge on any atom is 0.331 e. The summed E-state index contributed by atoms with van der Waals surface area (Å²) in [4.78, 5) is 23.5. The number of benzene rings is 1. The van der Waals surface area contributed by atoms with E-state index in [1.165, 1.54) is 16.8 Å². The van der Waals surface area contributed by atoms with Crippen molar-refractivity contribution < 1.29 is 0 Å². The molecule has 0 saturated heterocycles. The Balaban J connectivity index is 2.50. The lowest BCUT2D eigenvalue weighted by Crippen LogP contribution is -2.38. The second-order valence-corrected chi connectivity index (χ2v) is 4.41. The van der Waals surface area contributed by atoms with E-state index >= 15 is 0 Å². The first kappa shape index (κ1) is 12.4. The molecule has 0 spiro atoms. The van der Waals surface area contributed by atoms with E-state index in [9.17, 15) is 9.59 Å². The molecule has 2 N–H and O–H groups in total. The second-order valence-electron chi connectivity index (χ2n) is 3.98. The molecule has 18 heavy (non-hydrogen) atoms. The van der Waals surface area contributed by atoms with E-state index in [4.69, 9.17) is 17.3 Å². The van der Waals surface area contributed by atoms with Gasteiger partial charge in [0.05, 0.1) is 6.54 Å². The molecule has 0 amide bonds. The smallest absolute Gasteiger partial charge is 0.331 e. The molecule has 0 bridgehead atoms. The van der Waals surface area contributed by atoms with Crippen molar-refractivity contribution in [1.82, 2.24) is 9.13 Å². The Hall–Kier alpha value is -2.01. The molecule has 6 heteroatoms. The van der Waals surface area contributed by atoms with Gasteiger partial charge in [0, 0.05) is 30.0 Å². The van der Waals surface area contributed by atoms with Crippen LogP contribution in [0.1, 0.15) is 5.56 Å². The molecule has 0 atom stereocenters. The molecule has 0 fully saturated rings. The summed E-state index contributed by atoms with van der Waals surface area (Å²) >= 11 is 5.79. The summed E-state index contributed by atoms with van der Waals surface area (Å²) in [7, 11) is 1.59. The van der Waals surface area contributed by atoms with Crippen LogP contribution in [0.3, 0.4) is 0 Å².